The van der Waals surface area contributed by atoms with Gasteiger partial charge in [-0.15, -0.1) is 0 Å². The number of carbonyl (C=O) groups is 4. The van der Waals surface area contributed by atoms with Crippen LogP contribution >= 0.6 is 0 Å². The minimum Gasteiger partial charge on any atom is -0.481 e. The molecule has 0 aliphatic heterocycles. The van der Waals surface area contributed by atoms with E-state index in [9.17, 15) is 19.2 Å². The molecule has 0 spiro atoms. The Morgan fingerprint density at radius 3 is 1.58 bits per heavy atom. The van der Waals surface area contributed by atoms with Crippen LogP contribution in [0.1, 0.15) is 112 Å². The third kappa shape index (κ3) is 18.6. The Balaban J connectivity index is 0. The van der Waals surface area contributed by atoms with E-state index in [-0.39, 0.29) is 23.7 Å². The lowest BCUT2D eigenvalue weighted by molar-refractivity contribution is -0.138. The summed E-state index contributed by atoms with van der Waals surface area (Å²) in [4.78, 5) is 42.5. The zero-order valence-corrected chi connectivity index (χ0v) is 23.7. The molecule has 1 amide bonds. The highest BCUT2D eigenvalue weighted by molar-refractivity contribution is 5.92. The molecule has 5 N–H and O–H groups in total. The smallest absolute Gasteiger partial charge is 0.335 e. The predicted molar refractivity (Wildman–Crippen MR) is 151 cm³/mol. The van der Waals surface area contributed by atoms with Crippen LogP contribution in [0.5, 0.6) is 0 Å². The minimum absolute atomic E-state index is 0.260. The van der Waals surface area contributed by atoms with E-state index in [1.165, 1.54) is 5.56 Å². The molecule has 2 aromatic rings. The zero-order chi connectivity index (χ0) is 32.8. The number of carboxylic acids is 3. The molecule has 0 radical (unpaired) electrons. The Kier molecular flexibility index (Phi) is 14.8. The van der Waals surface area contributed by atoms with Gasteiger partial charge in [-0.05, 0) is 53.0 Å². The lowest BCUT2D eigenvalue weighted by Gasteiger charge is -2.07. The van der Waals surface area contributed by atoms with Crippen LogP contribution in [-0.2, 0) is 9.59 Å². The number of benzene rings is 2. The van der Waals surface area contributed by atoms with Crippen molar-refractivity contribution in [2.24, 2.45) is 17.6 Å². The normalized spacial score (nSPS) is 11.1. The first-order chi connectivity index (χ1) is 19.6. The van der Waals surface area contributed by atoms with Gasteiger partial charge >= 0.3 is 17.9 Å². The highest BCUT2D eigenvalue weighted by Gasteiger charge is 2.10. The number of hydrogen-bond donors (Lipinski definition) is 4. The van der Waals surface area contributed by atoms with Gasteiger partial charge in [-0.3, -0.25) is 14.4 Å². The highest BCUT2D eigenvalue weighted by atomic mass is 16.4. The summed E-state index contributed by atoms with van der Waals surface area (Å²) < 4.78 is 25.5. The Morgan fingerprint density at radius 1 is 0.737 bits per heavy atom. The average molecular weight is 540 g/mol. The number of aromatic carboxylic acids is 1. The van der Waals surface area contributed by atoms with E-state index in [1.807, 2.05) is 71.5 Å². The topological polar surface area (TPSA) is 155 Å². The van der Waals surface area contributed by atoms with Crippen LogP contribution in [0.15, 0.2) is 48.5 Å². The van der Waals surface area contributed by atoms with Crippen LogP contribution in [0, 0.1) is 11.8 Å². The molecule has 0 heterocycles. The second kappa shape index (κ2) is 19.4. The van der Waals surface area contributed by atoms with E-state index in [4.69, 9.17) is 5.71 Å². The van der Waals surface area contributed by atoms with E-state index in [2.05, 4.69) is 29.2 Å². The number of rotatable bonds is 8. The molecule has 0 saturated heterocycles. The van der Waals surface area contributed by atoms with Gasteiger partial charge in [-0.25, -0.2) is 4.79 Å². The molecule has 0 aliphatic rings. The fraction of sp³-hybridized carbons (Fsp3) is 0.467. The molecule has 0 aromatic heterocycles. The SMILES string of the molecule is [3H]NC(=O)c1ccc(C(C)C)cc1.[3H]OC(=O)CC(C)C.[3H]OC(=O)CC(C)C.[3H]OC(=O)c1ccccc1C(C)C. The Morgan fingerprint density at radius 2 is 1.24 bits per heavy atom. The lowest BCUT2D eigenvalue weighted by atomic mass is 9.97. The van der Waals surface area contributed by atoms with Crippen molar-refractivity contribution in [1.82, 2.24) is 0 Å². The van der Waals surface area contributed by atoms with Gasteiger partial charge in [0, 0.05) is 18.4 Å². The molecule has 0 aliphatic carbocycles. The third-order valence-corrected chi connectivity index (χ3v) is 4.79. The number of hydrogen-bond acceptors (Lipinski definition) is 7. The van der Waals surface area contributed by atoms with E-state index in [1.54, 1.807) is 24.3 Å². The monoisotopic (exact) mass is 539 g/mol. The zero-order valence-electron chi connectivity index (χ0n) is 27.7. The van der Waals surface area contributed by atoms with Gasteiger partial charge in [-0.2, -0.15) is 0 Å². The predicted octanol–water partition coefficient (Wildman–Crippen LogP) is 6.65. The molecule has 0 unspecified atom stereocenters. The van der Waals surface area contributed by atoms with Crippen LogP contribution < -0.4 is 5.73 Å². The van der Waals surface area contributed by atoms with Gasteiger partial charge in [0.15, 0.2) is 1.41 Å². The highest BCUT2D eigenvalue weighted by Crippen LogP contribution is 2.18. The van der Waals surface area contributed by atoms with Crippen molar-refractivity contribution in [1.29, 1.82) is 4.29 Å². The first-order valence-corrected chi connectivity index (χ1v) is 12.5. The van der Waals surface area contributed by atoms with E-state index in [0.29, 0.717) is 29.9 Å². The standard InChI is InChI=1S/C10H13NO.C10H12O2.2C5H10O2/c1-7(2)8-3-5-9(6-4-8)10(11)12;1-7(2)8-5-3-4-6-9(8)10(11)12;2*1-4(2)3-5(6)7/h3-7H,1-2H3,(H2,11,12);3-7H,1-2H3,(H,11,12);2*4H,3H2,1-2H3,(H,6,7)/i/hT4. The van der Waals surface area contributed by atoms with Gasteiger partial charge in [0.1, 0.15) is 0 Å². The molecule has 8 heteroatoms. The summed E-state index contributed by atoms with van der Waals surface area (Å²) in [5, 5.41) is 11.3. The number of primary amides is 1. The average Bonchev–Trinajstić information content (AvgIpc) is 2.96. The maximum Gasteiger partial charge on any atom is 0.335 e. The Hall–Kier alpha value is -3.68. The Labute approximate surface area is 232 Å². The summed E-state index contributed by atoms with van der Waals surface area (Å²) in [6.07, 6.45) is 0.674. The number of carbonyl (C=O) groups excluding carboxylic acids is 1. The van der Waals surface area contributed by atoms with E-state index >= 15 is 0 Å². The first-order valence-electron chi connectivity index (χ1n) is 14.3. The van der Waals surface area contributed by atoms with Gasteiger partial charge in [0.05, 0.1) is 5.56 Å². The first kappa shape index (κ1) is 28.9. The minimum atomic E-state index is -0.593. The van der Waals surface area contributed by atoms with Crippen molar-refractivity contribution in [2.75, 3.05) is 0 Å². The molecule has 38 heavy (non-hydrogen) atoms. The number of amides is 1. The van der Waals surface area contributed by atoms with Crippen molar-refractivity contribution in [2.45, 2.75) is 80.1 Å². The molecular formula is C30H45NO7. The number of aliphatic carboxylic acids is 2. The van der Waals surface area contributed by atoms with Gasteiger partial charge in [0.2, 0.25) is 5.91 Å². The summed E-state index contributed by atoms with van der Waals surface area (Å²) in [7, 11) is 0. The fourth-order valence-electron chi connectivity index (χ4n) is 2.87. The lowest BCUT2D eigenvalue weighted by Crippen LogP contribution is -2.10. The molecule has 2 rings (SSSR count). The van der Waals surface area contributed by atoms with Crippen LogP contribution in [0.2, 0.25) is 1.41 Å². The summed E-state index contributed by atoms with van der Waals surface area (Å²) in [5.74, 6) is -0.580. The molecule has 2 aromatic carbocycles. The second-order valence-corrected chi connectivity index (χ2v) is 10.1. The summed E-state index contributed by atoms with van der Waals surface area (Å²) in [5.41, 5.74) is 4.96. The van der Waals surface area contributed by atoms with Crippen LogP contribution in [-0.4, -0.2) is 39.1 Å². The fourth-order valence-corrected chi connectivity index (χ4v) is 2.87. The van der Waals surface area contributed by atoms with Crippen molar-refractivity contribution in [3.05, 3.63) is 70.8 Å². The molecular weight excluding hydrogens is 486 g/mol. The van der Waals surface area contributed by atoms with E-state index < -0.39 is 17.9 Å². The van der Waals surface area contributed by atoms with Crippen molar-refractivity contribution in [3.63, 3.8) is 0 Å². The van der Waals surface area contributed by atoms with Crippen molar-refractivity contribution in [3.8, 4) is 0 Å². The Bertz CT molecular complexity index is 1050. The summed E-state index contributed by atoms with van der Waals surface area (Å²) in [6.45, 7) is 15.8. The largest absolute Gasteiger partial charge is 0.481 e. The molecule has 8 nitrogen and oxygen atoms in total. The number of carboxylic acid groups (broad SMARTS) is 3. The van der Waals surface area contributed by atoms with Crippen molar-refractivity contribution >= 4 is 23.8 Å². The van der Waals surface area contributed by atoms with Gasteiger partial charge in [-0.1, -0.05) is 85.7 Å². The maximum absolute atomic E-state index is 11.1. The molecule has 0 fully saturated rings. The molecule has 0 bridgehead atoms. The van der Waals surface area contributed by atoms with E-state index in [0.717, 1.165) is 5.56 Å². The maximum atomic E-state index is 11.1. The molecule has 0 atom stereocenters. The third-order valence-electron chi connectivity index (χ3n) is 4.79. The van der Waals surface area contributed by atoms with Crippen molar-refractivity contribution < 1.29 is 35.9 Å². The van der Waals surface area contributed by atoms with Crippen LogP contribution in [0.3, 0.4) is 0 Å². The van der Waals surface area contributed by atoms with Gasteiger partial charge in [0.25, 0.3) is 4.29 Å². The molecule has 0 saturated carbocycles. The summed E-state index contributed by atoms with van der Waals surface area (Å²) in [6, 6.07) is 14.5. The van der Waals surface area contributed by atoms with Crippen LogP contribution in [0.25, 0.3) is 4.29 Å². The van der Waals surface area contributed by atoms with Gasteiger partial charge < -0.3 is 21.1 Å². The van der Waals surface area contributed by atoms with Crippen LogP contribution in [0.4, 0.5) is 0 Å². The number of nitrogens with two attached hydrogens (primary N) is 1. The molecule has 212 valence electrons. The quantitative estimate of drug-likeness (QED) is 0.292. The second-order valence-electron chi connectivity index (χ2n) is 10.1. The summed E-state index contributed by atoms with van der Waals surface area (Å²) >= 11 is 0.